The van der Waals surface area contributed by atoms with Gasteiger partial charge in [0.1, 0.15) is 11.5 Å². The summed E-state index contributed by atoms with van der Waals surface area (Å²) in [5, 5.41) is 11.4. The van der Waals surface area contributed by atoms with Gasteiger partial charge in [0.05, 0.1) is 41.7 Å². The van der Waals surface area contributed by atoms with Crippen molar-refractivity contribution in [2.24, 2.45) is 18.4 Å². The van der Waals surface area contributed by atoms with E-state index in [1.54, 1.807) is 38.2 Å². The minimum Gasteiger partial charge on any atom is -0.383 e. The number of amides is 2. The Kier molecular flexibility index (Phi) is 9.47. The number of imidazole rings is 1. The Balaban J connectivity index is 1.39. The summed E-state index contributed by atoms with van der Waals surface area (Å²) in [4.78, 5) is 36.3. The molecule has 2 aromatic carbocycles. The van der Waals surface area contributed by atoms with Crippen molar-refractivity contribution in [1.29, 1.82) is 0 Å². The van der Waals surface area contributed by atoms with Crippen LogP contribution in [0, 0.1) is 11.3 Å². The fourth-order valence-corrected chi connectivity index (χ4v) is 7.30. The summed E-state index contributed by atoms with van der Waals surface area (Å²) in [7, 11) is 5.02. The molecule has 2 aliphatic carbocycles. The van der Waals surface area contributed by atoms with Crippen molar-refractivity contribution in [3.8, 4) is 0 Å². The second-order valence-electron chi connectivity index (χ2n) is 13.8. The van der Waals surface area contributed by atoms with E-state index in [0.29, 0.717) is 34.6 Å². The van der Waals surface area contributed by atoms with Crippen molar-refractivity contribution >= 4 is 34.4 Å². The van der Waals surface area contributed by atoms with Crippen molar-refractivity contribution in [3.63, 3.8) is 0 Å². The Morgan fingerprint density at radius 3 is 2.51 bits per heavy atom. The highest BCUT2D eigenvalue weighted by atomic mass is 35.5. The average Bonchev–Trinajstić information content (AvgIpc) is 3.39. The Morgan fingerprint density at radius 2 is 1.89 bits per heavy atom. The van der Waals surface area contributed by atoms with Gasteiger partial charge in [-0.2, -0.15) is 5.10 Å². The first-order chi connectivity index (χ1) is 22.6. The largest absolute Gasteiger partial charge is 0.383 e. The van der Waals surface area contributed by atoms with Crippen LogP contribution in [-0.4, -0.2) is 65.0 Å². The summed E-state index contributed by atoms with van der Waals surface area (Å²) in [5.41, 5.74) is 2.64. The molecular weight excluding hydrogens is 616 g/mol. The second-order valence-corrected chi connectivity index (χ2v) is 14.2. The standard InChI is InChI=1S/C36H45ClN6O4/c1-35(16-17-35)30(24-11-6-7-12-25(24)37)31(42-33(44)29-15-18-38-43(29)3)32-39-26-14-13-23(19-27(26)40-32)36(2,21-47-5)34(45)41-28(20-46-4)22-9-8-10-22/h6-7,11-15,18-19,22,28,30-31H,8-10,16-17,20-21H2,1-5H3,(H,39,40)(H,41,45)(H,42,44)/t28-,30-,31-,36?/m0/s1. The van der Waals surface area contributed by atoms with E-state index in [4.69, 9.17) is 26.1 Å². The van der Waals surface area contributed by atoms with Crippen molar-refractivity contribution in [1.82, 2.24) is 30.4 Å². The molecule has 1 unspecified atom stereocenters. The van der Waals surface area contributed by atoms with Crippen LogP contribution in [0.15, 0.2) is 54.7 Å². The van der Waals surface area contributed by atoms with Crippen LogP contribution in [0.5, 0.6) is 0 Å². The molecule has 0 aliphatic heterocycles. The highest BCUT2D eigenvalue weighted by Gasteiger charge is 2.51. The molecule has 4 aromatic rings. The average molecular weight is 661 g/mol. The Morgan fingerprint density at radius 1 is 1.13 bits per heavy atom. The second kappa shape index (κ2) is 13.4. The summed E-state index contributed by atoms with van der Waals surface area (Å²) in [5.74, 6) is 0.528. The van der Waals surface area contributed by atoms with Gasteiger partial charge in [0, 0.05) is 38.4 Å². The number of nitrogens with zero attached hydrogens (tertiary/aromatic N) is 3. The summed E-state index contributed by atoms with van der Waals surface area (Å²) < 4.78 is 12.6. The zero-order chi connectivity index (χ0) is 33.3. The maximum absolute atomic E-state index is 13.9. The van der Waals surface area contributed by atoms with Gasteiger partial charge in [0.15, 0.2) is 0 Å². The molecule has 2 fully saturated rings. The lowest BCUT2D eigenvalue weighted by Gasteiger charge is -2.37. The number of hydrogen-bond acceptors (Lipinski definition) is 6. The molecule has 2 heterocycles. The molecule has 0 spiro atoms. The minimum atomic E-state index is -0.966. The highest BCUT2D eigenvalue weighted by molar-refractivity contribution is 6.31. The van der Waals surface area contributed by atoms with Gasteiger partial charge < -0.3 is 25.1 Å². The summed E-state index contributed by atoms with van der Waals surface area (Å²) >= 11 is 6.83. The van der Waals surface area contributed by atoms with E-state index >= 15 is 0 Å². The number of H-pyrrole nitrogens is 1. The number of hydrogen-bond donors (Lipinski definition) is 3. The number of nitrogens with one attached hydrogen (secondary N) is 3. The first-order valence-corrected chi connectivity index (χ1v) is 16.8. The van der Waals surface area contributed by atoms with E-state index in [0.717, 1.165) is 42.3 Å². The molecule has 10 nitrogen and oxygen atoms in total. The lowest BCUT2D eigenvalue weighted by Crippen LogP contribution is -2.53. The van der Waals surface area contributed by atoms with E-state index in [2.05, 4.69) is 27.6 Å². The van der Waals surface area contributed by atoms with E-state index < -0.39 is 11.5 Å². The zero-order valence-electron chi connectivity index (χ0n) is 27.8. The number of fused-ring (bicyclic) bond motifs is 1. The summed E-state index contributed by atoms with van der Waals surface area (Å²) in [6, 6.07) is 14.8. The summed E-state index contributed by atoms with van der Waals surface area (Å²) in [6.45, 7) is 4.81. The normalized spacial score (nSPS) is 18.9. The molecule has 2 aliphatic rings. The summed E-state index contributed by atoms with van der Waals surface area (Å²) in [6.07, 6.45) is 6.96. The smallest absolute Gasteiger partial charge is 0.270 e. The SMILES string of the molecule is COC[C@H](NC(=O)C(C)(COC)c1ccc2[nH]c([C@@H](NC(=O)c3ccnn3C)[C@H](c3ccccc3Cl)C3(C)CC3)nc2c1)C1CCC1. The Bertz CT molecular complexity index is 1740. The van der Waals surface area contributed by atoms with Gasteiger partial charge in [-0.15, -0.1) is 0 Å². The maximum Gasteiger partial charge on any atom is 0.270 e. The number of aryl methyl sites for hydroxylation is 1. The Labute approximate surface area is 281 Å². The highest BCUT2D eigenvalue weighted by Crippen LogP contribution is 2.60. The molecule has 2 saturated carbocycles. The number of methoxy groups -OCH3 is 2. The minimum absolute atomic E-state index is 0.0486. The fraction of sp³-hybridized carbons (Fsp3) is 0.500. The lowest BCUT2D eigenvalue weighted by atomic mass is 9.78. The quantitative estimate of drug-likeness (QED) is 0.156. The third-order valence-electron chi connectivity index (χ3n) is 10.5. The maximum atomic E-state index is 13.9. The molecule has 3 N–H and O–H groups in total. The van der Waals surface area contributed by atoms with Crippen LogP contribution in [0.1, 0.15) is 85.4 Å². The molecule has 11 heteroatoms. The predicted octanol–water partition coefficient (Wildman–Crippen LogP) is 5.84. The molecule has 0 radical (unpaired) electrons. The fourth-order valence-electron chi connectivity index (χ4n) is 7.04. The third-order valence-corrected chi connectivity index (χ3v) is 10.8. The van der Waals surface area contributed by atoms with E-state index in [-0.39, 0.29) is 35.8 Å². The van der Waals surface area contributed by atoms with Crippen LogP contribution in [0.25, 0.3) is 11.0 Å². The Hall–Kier alpha value is -3.73. The first kappa shape index (κ1) is 33.2. The molecule has 2 amide bonds. The molecule has 250 valence electrons. The molecule has 4 atom stereocenters. The molecule has 47 heavy (non-hydrogen) atoms. The lowest BCUT2D eigenvalue weighted by molar-refractivity contribution is -0.130. The van der Waals surface area contributed by atoms with Gasteiger partial charge >= 0.3 is 0 Å². The first-order valence-electron chi connectivity index (χ1n) is 16.4. The number of carbonyl (C=O) groups excluding carboxylic acids is 2. The van der Waals surface area contributed by atoms with Crippen LogP contribution in [0.3, 0.4) is 0 Å². The third kappa shape index (κ3) is 6.55. The molecule has 2 aromatic heterocycles. The van der Waals surface area contributed by atoms with E-state index in [9.17, 15) is 9.59 Å². The van der Waals surface area contributed by atoms with Crippen molar-refractivity contribution in [2.75, 3.05) is 27.4 Å². The van der Waals surface area contributed by atoms with Crippen LogP contribution >= 0.6 is 11.6 Å². The van der Waals surface area contributed by atoms with E-state index in [1.165, 1.54) is 6.42 Å². The monoisotopic (exact) mass is 660 g/mol. The number of aromatic nitrogens is 4. The van der Waals surface area contributed by atoms with Crippen molar-refractivity contribution in [2.45, 2.75) is 69.4 Å². The van der Waals surface area contributed by atoms with Crippen LogP contribution < -0.4 is 10.6 Å². The number of aromatic amines is 1. The number of ether oxygens (including phenoxy) is 2. The van der Waals surface area contributed by atoms with Crippen LogP contribution in [0.2, 0.25) is 5.02 Å². The van der Waals surface area contributed by atoms with E-state index in [1.807, 2.05) is 49.4 Å². The zero-order valence-corrected chi connectivity index (χ0v) is 28.6. The number of halogens is 1. The number of rotatable bonds is 14. The molecular formula is C36H45ClN6O4. The van der Waals surface area contributed by atoms with Gasteiger partial charge in [0.25, 0.3) is 5.91 Å². The van der Waals surface area contributed by atoms with Gasteiger partial charge in [-0.25, -0.2) is 4.98 Å². The van der Waals surface area contributed by atoms with Gasteiger partial charge in [0.2, 0.25) is 5.91 Å². The van der Waals surface area contributed by atoms with Crippen molar-refractivity contribution < 1.29 is 19.1 Å². The van der Waals surface area contributed by atoms with Crippen molar-refractivity contribution in [3.05, 3.63) is 82.4 Å². The molecule has 0 bridgehead atoms. The van der Waals surface area contributed by atoms with Crippen LogP contribution in [0.4, 0.5) is 0 Å². The molecule has 0 saturated heterocycles. The number of carbonyl (C=O) groups is 2. The molecule has 6 rings (SSSR count). The van der Waals surface area contributed by atoms with Crippen LogP contribution in [-0.2, 0) is 26.7 Å². The van der Waals surface area contributed by atoms with Gasteiger partial charge in [-0.05, 0) is 79.3 Å². The topological polar surface area (TPSA) is 123 Å². The van der Waals surface area contributed by atoms with Gasteiger partial charge in [-0.1, -0.05) is 49.2 Å². The predicted molar refractivity (Wildman–Crippen MR) is 181 cm³/mol. The van der Waals surface area contributed by atoms with Gasteiger partial charge in [-0.3, -0.25) is 14.3 Å². The number of benzene rings is 2.